The third-order valence-corrected chi connectivity index (χ3v) is 3.65. The van der Waals surface area contributed by atoms with Gasteiger partial charge in [-0.25, -0.2) is 4.98 Å². The van der Waals surface area contributed by atoms with Crippen LogP contribution in [0.3, 0.4) is 0 Å². The first-order valence-electron chi connectivity index (χ1n) is 5.82. The molecule has 3 rings (SSSR count). The van der Waals surface area contributed by atoms with Crippen molar-refractivity contribution in [2.45, 2.75) is 6.42 Å². The van der Waals surface area contributed by atoms with E-state index in [4.69, 9.17) is 0 Å². The third-order valence-electron chi connectivity index (χ3n) is 3.12. The zero-order valence-corrected chi connectivity index (χ0v) is 11.0. The zero-order valence-electron chi connectivity index (χ0n) is 9.41. The average Bonchev–Trinajstić information content (AvgIpc) is 2.73. The molecule has 1 saturated heterocycles. The first-order chi connectivity index (χ1) is 8.31. The summed E-state index contributed by atoms with van der Waals surface area (Å²) in [5.74, 6) is 1.73. The lowest BCUT2D eigenvalue weighted by Crippen LogP contribution is -2.43. The molecule has 0 aliphatic carbocycles. The van der Waals surface area contributed by atoms with Crippen LogP contribution in [0.5, 0.6) is 0 Å². The van der Waals surface area contributed by atoms with Gasteiger partial charge >= 0.3 is 0 Å². The van der Waals surface area contributed by atoms with Crippen LogP contribution in [0.15, 0.2) is 34.9 Å². The van der Waals surface area contributed by atoms with Crippen molar-refractivity contribution in [3.8, 4) is 11.4 Å². The molecule has 0 amide bonds. The highest BCUT2D eigenvalue weighted by Crippen LogP contribution is 2.20. The van der Waals surface area contributed by atoms with E-state index in [1.54, 1.807) is 0 Å². The van der Waals surface area contributed by atoms with E-state index < -0.39 is 0 Å². The maximum absolute atomic E-state index is 4.44. The Morgan fingerprint density at radius 2 is 2.00 bits per heavy atom. The molecule has 2 heterocycles. The lowest BCUT2D eigenvalue weighted by atomic mass is 9.98. The van der Waals surface area contributed by atoms with Crippen molar-refractivity contribution in [3.05, 3.63) is 40.6 Å². The van der Waals surface area contributed by atoms with E-state index in [0.717, 1.165) is 41.3 Å². The molecule has 1 fully saturated rings. The molecule has 0 spiro atoms. The summed E-state index contributed by atoms with van der Waals surface area (Å²) in [6.07, 6.45) is 3.05. The van der Waals surface area contributed by atoms with Crippen LogP contribution >= 0.6 is 15.9 Å². The third kappa shape index (κ3) is 2.42. The highest BCUT2D eigenvalue weighted by molar-refractivity contribution is 9.10. The second kappa shape index (κ2) is 4.63. The summed E-state index contributed by atoms with van der Waals surface area (Å²) in [6, 6.07) is 8.20. The van der Waals surface area contributed by atoms with Gasteiger partial charge in [-0.3, -0.25) is 0 Å². The fourth-order valence-electron chi connectivity index (χ4n) is 2.02. The predicted molar refractivity (Wildman–Crippen MR) is 71.8 cm³/mol. The van der Waals surface area contributed by atoms with Crippen molar-refractivity contribution in [1.29, 1.82) is 0 Å². The molecule has 0 bridgehead atoms. The molecule has 1 aliphatic heterocycles. The van der Waals surface area contributed by atoms with E-state index in [-0.39, 0.29) is 0 Å². The van der Waals surface area contributed by atoms with Crippen LogP contribution in [0.25, 0.3) is 11.4 Å². The Morgan fingerprint density at radius 3 is 2.65 bits per heavy atom. The summed E-state index contributed by atoms with van der Waals surface area (Å²) >= 11 is 3.44. The molecule has 1 aromatic carbocycles. The van der Waals surface area contributed by atoms with Gasteiger partial charge in [-0.1, -0.05) is 28.1 Å². The molecule has 2 N–H and O–H groups in total. The second-order valence-corrected chi connectivity index (χ2v) is 5.41. The molecule has 1 aromatic heterocycles. The standard InChI is InChI=1S/C13H14BrN3/c14-11-3-1-10(2-4-11)13-16-8-12(17-13)5-9-6-15-7-9/h1-4,8-9,15H,5-7H2,(H,16,17). The van der Waals surface area contributed by atoms with Gasteiger partial charge in [0.05, 0.1) is 0 Å². The van der Waals surface area contributed by atoms with Crippen LogP contribution in [0.2, 0.25) is 0 Å². The van der Waals surface area contributed by atoms with Crippen LogP contribution < -0.4 is 5.32 Å². The second-order valence-electron chi connectivity index (χ2n) is 4.49. The molecule has 4 heteroatoms. The van der Waals surface area contributed by atoms with Gasteiger partial charge in [-0.2, -0.15) is 0 Å². The van der Waals surface area contributed by atoms with Crippen molar-refractivity contribution < 1.29 is 0 Å². The van der Waals surface area contributed by atoms with Crippen molar-refractivity contribution in [2.75, 3.05) is 13.1 Å². The highest BCUT2D eigenvalue weighted by atomic mass is 79.9. The Morgan fingerprint density at radius 1 is 1.24 bits per heavy atom. The number of hydrogen-bond donors (Lipinski definition) is 2. The number of imidazole rings is 1. The first kappa shape index (κ1) is 11.0. The fraction of sp³-hybridized carbons (Fsp3) is 0.308. The van der Waals surface area contributed by atoms with E-state index in [1.807, 2.05) is 18.3 Å². The summed E-state index contributed by atoms with van der Waals surface area (Å²) in [5.41, 5.74) is 2.36. The van der Waals surface area contributed by atoms with Crippen LogP contribution in [-0.2, 0) is 6.42 Å². The Kier molecular flexibility index (Phi) is 2.99. The van der Waals surface area contributed by atoms with E-state index in [0.29, 0.717) is 0 Å². The van der Waals surface area contributed by atoms with Crippen LogP contribution in [0.4, 0.5) is 0 Å². The van der Waals surface area contributed by atoms with Gasteiger partial charge < -0.3 is 10.3 Å². The van der Waals surface area contributed by atoms with Crippen molar-refractivity contribution in [2.24, 2.45) is 5.92 Å². The number of nitrogens with one attached hydrogen (secondary N) is 2. The van der Waals surface area contributed by atoms with Gasteiger partial charge in [0.2, 0.25) is 0 Å². The number of rotatable bonds is 3. The number of benzene rings is 1. The topological polar surface area (TPSA) is 40.7 Å². The van der Waals surface area contributed by atoms with Crippen molar-refractivity contribution in [3.63, 3.8) is 0 Å². The molecule has 0 unspecified atom stereocenters. The van der Waals surface area contributed by atoms with Crippen LogP contribution in [-0.4, -0.2) is 23.1 Å². The molecule has 0 saturated carbocycles. The smallest absolute Gasteiger partial charge is 0.137 e. The van der Waals surface area contributed by atoms with E-state index in [1.165, 1.54) is 5.69 Å². The Labute approximate surface area is 109 Å². The predicted octanol–water partition coefficient (Wildman–Crippen LogP) is 2.60. The number of hydrogen-bond acceptors (Lipinski definition) is 2. The normalized spacial score (nSPS) is 15.8. The Bertz CT molecular complexity index is 500. The molecule has 88 valence electrons. The molecule has 1 aliphatic rings. The molecule has 3 nitrogen and oxygen atoms in total. The number of H-pyrrole nitrogens is 1. The maximum atomic E-state index is 4.44. The van der Waals surface area contributed by atoms with Crippen LogP contribution in [0.1, 0.15) is 5.69 Å². The van der Waals surface area contributed by atoms with E-state index >= 15 is 0 Å². The maximum Gasteiger partial charge on any atom is 0.137 e. The van der Waals surface area contributed by atoms with E-state index in [2.05, 4.69) is 43.3 Å². The highest BCUT2D eigenvalue weighted by Gasteiger charge is 2.18. The number of aromatic nitrogens is 2. The SMILES string of the molecule is Brc1ccc(-c2ncc(CC3CNC3)[nH]2)cc1. The minimum Gasteiger partial charge on any atom is -0.342 e. The van der Waals surface area contributed by atoms with Crippen molar-refractivity contribution >= 4 is 15.9 Å². The Hall–Kier alpha value is -1.13. The van der Waals surface area contributed by atoms with Gasteiger partial charge in [0.15, 0.2) is 0 Å². The summed E-state index contributed by atoms with van der Waals surface area (Å²) < 4.78 is 1.09. The lowest BCUT2D eigenvalue weighted by Gasteiger charge is -2.26. The van der Waals surface area contributed by atoms with Gasteiger partial charge in [-0.05, 0) is 37.6 Å². The first-order valence-corrected chi connectivity index (χ1v) is 6.61. The Balaban J connectivity index is 1.76. The summed E-state index contributed by atoms with van der Waals surface area (Å²) in [6.45, 7) is 2.26. The molecule has 0 atom stereocenters. The number of nitrogens with zero attached hydrogens (tertiary/aromatic N) is 1. The number of halogens is 1. The van der Waals surface area contributed by atoms with Crippen LogP contribution in [0, 0.1) is 5.92 Å². The molecule has 17 heavy (non-hydrogen) atoms. The van der Waals surface area contributed by atoms with Gasteiger partial charge in [-0.15, -0.1) is 0 Å². The van der Waals surface area contributed by atoms with Gasteiger partial charge in [0, 0.05) is 21.9 Å². The molecule has 2 aromatic rings. The lowest BCUT2D eigenvalue weighted by molar-refractivity contribution is 0.344. The minimum atomic E-state index is 0.771. The fourth-order valence-corrected chi connectivity index (χ4v) is 2.29. The van der Waals surface area contributed by atoms with Crippen molar-refractivity contribution in [1.82, 2.24) is 15.3 Å². The molecular formula is C13H14BrN3. The quantitative estimate of drug-likeness (QED) is 0.913. The number of aromatic amines is 1. The van der Waals surface area contributed by atoms with Gasteiger partial charge in [0.1, 0.15) is 5.82 Å². The zero-order chi connectivity index (χ0) is 11.7. The molecular weight excluding hydrogens is 278 g/mol. The summed E-state index contributed by atoms with van der Waals surface area (Å²) in [5, 5.41) is 3.29. The largest absolute Gasteiger partial charge is 0.342 e. The minimum absolute atomic E-state index is 0.771. The summed E-state index contributed by atoms with van der Waals surface area (Å²) in [4.78, 5) is 7.83. The van der Waals surface area contributed by atoms with Gasteiger partial charge in [0.25, 0.3) is 0 Å². The molecule has 0 radical (unpaired) electrons. The monoisotopic (exact) mass is 291 g/mol. The van der Waals surface area contributed by atoms with E-state index in [9.17, 15) is 0 Å². The summed E-state index contributed by atoms with van der Waals surface area (Å²) in [7, 11) is 0. The average molecular weight is 292 g/mol.